The van der Waals surface area contributed by atoms with Crippen molar-refractivity contribution in [3.63, 3.8) is 0 Å². The van der Waals surface area contributed by atoms with Gasteiger partial charge in [0, 0.05) is 46.1 Å². The highest BCUT2D eigenvalue weighted by Gasteiger charge is 2.19. The number of carbonyl (C=O) groups excluding carboxylic acids is 1. The third kappa shape index (κ3) is 3.47. The monoisotopic (exact) mass is 386 g/mol. The Morgan fingerprint density at radius 2 is 1.89 bits per heavy atom. The number of imidazole rings is 2. The number of aromatic nitrogens is 4. The molecule has 0 spiro atoms. The summed E-state index contributed by atoms with van der Waals surface area (Å²) in [5.74, 6) is 1.30. The van der Waals surface area contributed by atoms with E-state index in [4.69, 9.17) is 4.74 Å². The Bertz CT molecular complexity index is 1060. The van der Waals surface area contributed by atoms with E-state index in [-0.39, 0.29) is 11.7 Å². The van der Waals surface area contributed by atoms with E-state index in [0.717, 1.165) is 23.3 Å². The van der Waals surface area contributed by atoms with E-state index >= 15 is 0 Å². The van der Waals surface area contributed by atoms with Crippen LogP contribution in [-0.4, -0.2) is 43.3 Å². The first kappa shape index (κ1) is 19.5. The molecule has 9 heteroatoms. The summed E-state index contributed by atoms with van der Waals surface area (Å²) >= 11 is 0. The molecule has 28 heavy (non-hydrogen) atoms. The fourth-order valence-electron chi connectivity index (χ4n) is 3.23. The second-order valence-electron chi connectivity index (χ2n) is 6.75. The van der Waals surface area contributed by atoms with Crippen LogP contribution in [0.25, 0.3) is 11.0 Å². The Morgan fingerprint density at radius 1 is 1.21 bits per heavy atom. The van der Waals surface area contributed by atoms with E-state index < -0.39 is 0 Å². The van der Waals surface area contributed by atoms with E-state index in [2.05, 4.69) is 10.3 Å². The van der Waals surface area contributed by atoms with Gasteiger partial charge in [0.15, 0.2) is 0 Å². The number of carbonyl (C=O) groups is 1. The first-order valence-electron chi connectivity index (χ1n) is 9.13. The lowest BCUT2D eigenvalue weighted by Gasteiger charge is -2.23. The van der Waals surface area contributed by atoms with Gasteiger partial charge in [0.25, 0.3) is 0 Å². The Kier molecular flexibility index (Phi) is 5.43. The number of ether oxygens (including phenoxy) is 1. The number of hydrogen-bond donors (Lipinski definition) is 1. The average Bonchev–Trinajstić information content (AvgIpc) is 3.17. The van der Waals surface area contributed by atoms with Crippen LogP contribution in [0.3, 0.4) is 0 Å². The molecule has 9 nitrogen and oxygen atoms in total. The second kappa shape index (κ2) is 7.79. The number of amides is 2. The molecule has 2 aromatic heterocycles. The van der Waals surface area contributed by atoms with E-state index in [0.29, 0.717) is 24.5 Å². The molecule has 3 rings (SSSR count). The van der Waals surface area contributed by atoms with Gasteiger partial charge in [-0.15, -0.1) is 0 Å². The average molecular weight is 386 g/mol. The van der Waals surface area contributed by atoms with Gasteiger partial charge in [-0.3, -0.25) is 9.13 Å². The van der Waals surface area contributed by atoms with E-state index in [9.17, 15) is 9.59 Å². The van der Waals surface area contributed by atoms with Gasteiger partial charge >= 0.3 is 11.7 Å². The maximum atomic E-state index is 12.9. The van der Waals surface area contributed by atoms with E-state index in [1.165, 1.54) is 7.11 Å². The van der Waals surface area contributed by atoms with Crippen molar-refractivity contribution < 1.29 is 9.53 Å². The summed E-state index contributed by atoms with van der Waals surface area (Å²) < 4.78 is 10.4. The molecule has 1 aromatic carbocycles. The molecule has 0 saturated carbocycles. The third-order valence-corrected chi connectivity index (χ3v) is 4.87. The highest BCUT2D eigenvalue weighted by Crippen LogP contribution is 2.30. The minimum absolute atomic E-state index is 0.136. The maximum absolute atomic E-state index is 12.9. The molecule has 0 aliphatic heterocycles. The van der Waals surface area contributed by atoms with E-state index in [1.807, 2.05) is 24.7 Å². The lowest BCUT2D eigenvalue weighted by molar-refractivity contribution is 0.207. The van der Waals surface area contributed by atoms with E-state index in [1.54, 1.807) is 46.5 Å². The molecule has 2 heterocycles. The van der Waals surface area contributed by atoms with Gasteiger partial charge in [0.2, 0.25) is 0 Å². The summed E-state index contributed by atoms with van der Waals surface area (Å²) in [6.07, 6.45) is 4.38. The Morgan fingerprint density at radius 3 is 2.46 bits per heavy atom. The predicted molar refractivity (Wildman–Crippen MR) is 108 cm³/mol. The molecule has 1 N–H and O–H groups in total. The van der Waals surface area contributed by atoms with Gasteiger partial charge in [-0.25, -0.2) is 14.6 Å². The molecule has 0 aliphatic rings. The Hall–Kier alpha value is -3.23. The van der Waals surface area contributed by atoms with Crippen LogP contribution in [0.4, 0.5) is 10.5 Å². The number of benzene rings is 1. The minimum Gasteiger partial charge on any atom is -0.494 e. The molecular weight excluding hydrogens is 360 g/mol. The zero-order valence-corrected chi connectivity index (χ0v) is 16.9. The zero-order valence-electron chi connectivity index (χ0n) is 16.9. The molecular formula is C19H26N6O3. The van der Waals surface area contributed by atoms with Crippen LogP contribution in [0, 0.1) is 0 Å². The van der Waals surface area contributed by atoms with Crippen molar-refractivity contribution >= 4 is 22.8 Å². The summed E-state index contributed by atoms with van der Waals surface area (Å²) in [7, 11) is 6.85. The maximum Gasteiger partial charge on any atom is 0.328 e. The number of aryl methyl sites for hydroxylation is 3. The highest BCUT2D eigenvalue weighted by atomic mass is 16.5. The van der Waals surface area contributed by atoms with Gasteiger partial charge < -0.3 is 19.5 Å². The quantitative estimate of drug-likeness (QED) is 0.703. The Balaban J connectivity index is 1.92. The molecule has 2 amide bonds. The van der Waals surface area contributed by atoms with Gasteiger partial charge in [0.05, 0.1) is 30.4 Å². The number of urea groups is 1. The Labute approximate surface area is 163 Å². The number of fused-ring (bicyclic) bond motifs is 1. The van der Waals surface area contributed by atoms with Gasteiger partial charge in [-0.05, 0) is 12.5 Å². The van der Waals surface area contributed by atoms with Crippen LogP contribution < -0.4 is 15.7 Å². The van der Waals surface area contributed by atoms with Crippen LogP contribution in [0.5, 0.6) is 5.75 Å². The SMILES string of the molecule is CCCN(Cc1nccn1C)C(=O)Nc1cc2c(cc1OC)n(C)c(=O)n2C. The molecule has 0 aliphatic carbocycles. The number of anilines is 1. The van der Waals surface area contributed by atoms with Crippen molar-refractivity contribution in [2.24, 2.45) is 21.1 Å². The molecule has 0 bridgehead atoms. The molecule has 0 atom stereocenters. The van der Waals surface area contributed by atoms with Crippen molar-refractivity contribution in [2.45, 2.75) is 19.9 Å². The van der Waals surface area contributed by atoms with Crippen molar-refractivity contribution in [3.8, 4) is 5.75 Å². The number of hydrogen-bond acceptors (Lipinski definition) is 4. The first-order valence-corrected chi connectivity index (χ1v) is 9.13. The van der Waals surface area contributed by atoms with Gasteiger partial charge in [0.1, 0.15) is 11.6 Å². The fourth-order valence-corrected chi connectivity index (χ4v) is 3.23. The number of rotatable bonds is 6. The van der Waals surface area contributed by atoms with Crippen LogP contribution in [0.2, 0.25) is 0 Å². The van der Waals surface area contributed by atoms with Crippen molar-refractivity contribution in [3.05, 3.63) is 40.8 Å². The molecule has 150 valence electrons. The summed E-state index contributed by atoms with van der Waals surface area (Å²) in [4.78, 5) is 31.2. The number of nitrogens with zero attached hydrogens (tertiary/aromatic N) is 5. The standard InChI is InChI=1S/C19H26N6O3/c1-6-8-25(12-17-20-7-9-22(17)2)18(26)21-13-10-14-15(11-16(13)28-5)24(4)19(27)23(14)3/h7,9-11H,6,8,12H2,1-5H3,(H,21,26). The summed E-state index contributed by atoms with van der Waals surface area (Å²) in [6, 6.07) is 3.27. The molecule has 3 aromatic rings. The minimum atomic E-state index is -0.247. The van der Waals surface area contributed by atoms with Gasteiger partial charge in [-0.2, -0.15) is 0 Å². The smallest absolute Gasteiger partial charge is 0.328 e. The van der Waals surface area contributed by atoms with Crippen molar-refractivity contribution in [1.29, 1.82) is 0 Å². The fraction of sp³-hybridized carbons (Fsp3) is 0.421. The van der Waals surface area contributed by atoms with Crippen molar-refractivity contribution in [1.82, 2.24) is 23.6 Å². The van der Waals surface area contributed by atoms with Crippen molar-refractivity contribution in [2.75, 3.05) is 19.0 Å². The summed E-state index contributed by atoms with van der Waals surface area (Å²) in [6.45, 7) is 3.01. The van der Waals surface area contributed by atoms with Crippen LogP contribution in [-0.2, 0) is 27.7 Å². The lowest BCUT2D eigenvalue weighted by Crippen LogP contribution is -2.36. The molecule has 0 fully saturated rings. The summed E-state index contributed by atoms with van der Waals surface area (Å²) in [5, 5.41) is 2.93. The van der Waals surface area contributed by atoms with Crippen LogP contribution >= 0.6 is 0 Å². The molecule has 0 radical (unpaired) electrons. The second-order valence-corrected chi connectivity index (χ2v) is 6.75. The predicted octanol–water partition coefficient (Wildman–Crippen LogP) is 2.06. The highest BCUT2D eigenvalue weighted by molar-refractivity contribution is 5.94. The topological polar surface area (TPSA) is 86.3 Å². The largest absolute Gasteiger partial charge is 0.494 e. The molecule has 0 unspecified atom stereocenters. The number of methoxy groups -OCH3 is 1. The normalized spacial score (nSPS) is 11.0. The lowest BCUT2D eigenvalue weighted by atomic mass is 10.2. The van der Waals surface area contributed by atoms with Gasteiger partial charge in [-0.1, -0.05) is 6.92 Å². The molecule has 0 saturated heterocycles. The number of nitrogens with one attached hydrogen (secondary N) is 1. The van der Waals surface area contributed by atoms with Crippen LogP contribution in [0.15, 0.2) is 29.3 Å². The first-order chi connectivity index (χ1) is 13.4. The zero-order chi connectivity index (χ0) is 20.4. The third-order valence-electron chi connectivity index (χ3n) is 4.87. The summed E-state index contributed by atoms with van der Waals surface area (Å²) in [5.41, 5.74) is 1.83. The van der Waals surface area contributed by atoms with Crippen LogP contribution in [0.1, 0.15) is 19.2 Å².